The summed E-state index contributed by atoms with van der Waals surface area (Å²) in [5.41, 5.74) is 2.28. The standard InChI is InChI=1S/C23H26N6O3/c1-3-4-12-28-21(30)14-20(22(28)16-8-10-19(32-2)11-9-16)23(31)25-17-6-5-7-18(13-17)29-15-24-26-27-29/h5-11,13,15,20,22H,3-4,12,14H2,1-2H3,(H,25,31)/t20-,22+/m1/s1. The molecular formula is C23H26N6O3. The van der Waals surface area contributed by atoms with Crippen LogP contribution in [0.3, 0.4) is 0 Å². The maximum atomic E-state index is 13.3. The molecule has 1 fully saturated rings. The summed E-state index contributed by atoms with van der Waals surface area (Å²) in [6.07, 6.45) is 3.53. The van der Waals surface area contributed by atoms with E-state index in [4.69, 9.17) is 4.74 Å². The Morgan fingerprint density at radius 3 is 2.72 bits per heavy atom. The molecule has 32 heavy (non-hydrogen) atoms. The van der Waals surface area contributed by atoms with Crippen molar-refractivity contribution >= 4 is 17.5 Å². The zero-order chi connectivity index (χ0) is 22.5. The molecule has 1 N–H and O–H groups in total. The summed E-state index contributed by atoms with van der Waals surface area (Å²) in [6, 6.07) is 14.5. The van der Waals surface area contributed by atoms with Crippen molar-refractivity contribution in [1.82, 2.24) is 25.1 Å². The van der Waals surface area contributed by atoms with Gasteiger partial charge >= 0.3 is 0 Å². The zero-order valence-electron chi connectivity index (χ0n) is 18.1. The predicted molar refractivity (Wildman–Crippen MR) is 118 cm³/mol. The quantitative estimate of drug-likeness (QED) is 0.585. The molecule has 166 valence electrons. The van der Waals surface area contributed by atoms with Gasteiger partial charge in [0, 0.05) is 18.7 Å². The van der Waals surface area contributed by atoms with Gasteiger partial charge in [-0.25, -0.2) is 4.68 Å². The number of carbonyl (C=O) groups excluding carboxylic acids is 2. The van der Waals surface area contributed by atoms with Gasteiger partial charge in [-0.2, -0.15) is 0 Å². The van der Waals surface area contributed by atoms with Gasteiger partial charge in [-0.15, -0.1) is 5.10 Å². The van der Waals surface area contributed by atoms with E-state index in [0.29, 0.717) is 12.2 Å². The fourth-order valence-corrected chi connectivity index (χ4v) is 4.07. The molecule has 9 heteroatoms. The zero-order valence-corrected chi connectivity index (χ0v) is 18.1. The highest BCUT2D eigenvalue weighted by molar-refractivity contribution is 5.98. The number of carbonyl (C=O) groups is 2. The van der Waals surface area contributed by atoms with Gasteiger partial charge in [0.05, 0.1) is 24.8 Å². The minimum Gasteiger partial charge on any atom is -0.497 e. The Balaban J connectivity index is 1.59. The minimum atomic E-state index is -0.496. The molecule has 0 unspecified atom stereocenters. The van der Waals surface area contributed by atoms with E-state index in [1.54, 1.807) is 19.2 Å². The number of unbranched alkanes of at least 4 members (excludes halogenated alkanes) is 1. The van der Waals surface area contributed by atoms with Gasteiger partial charge in [-0.1, -0.05) is 31.5 Å². The summed E-state index contributed by atoms with van der Waals surface area (Å²) in [6.45, 7) is 2.72. The molecule has 2 amide bonds. The number of tetrazole rings is 1. The maximum Gasteiger partial charge on any atom is 0.230 e. The summed E-state index contributed by atoms with van der Waals surface area (Å²) < 4.78 is 6.78. The number of ether oxygens (including phenoxy) is 1. The van der Waals surface area contributed by atoms with Crippen molar-refractivity contribution in [1.29, 1.82) is 0 Å². The van der Waals surface area contributed by atoms with E-state index in [0.717, 1.165) is 29.8 Å². The van der Waals surface area contributed by atoms with Crippen molar-refractivity contribution in [2.75, 3.05) is 19.0 Å². The van der Waals surface area contributed by atoms with E-state index in [1.165, 1.54) is 11.0 Å². The molecule has 0 saturated carbocycles. The van der Waals surface area contributed by atoms with E-state index in [2.05, 4.69) is 27.8 Å². The van der Waals surface area contributed by atoms with E-state index < -0.39 is 5.92 Å². The Labute approximate surface area is 186 Å². The first-order valence-corrected chi connectivity index (χ1v) is 10.7. The number of methoxy groups -OCH3 is 1. The number of nitrogens with zero attached hydrogens (tertiary/aromatic N) is 5. The highest BCUT2D eigenvalue weighted by Gasteiger charge is 2.44. The highest BCUT2D eigenvalue weighted by atomic mass is 16.5. The van der Waals surface area contributed by atoms with Crippen molar-refractivity contribution in [2.24, 2.45) is 5.92 Å². The fourth-order valence-electron chi connectivity index (χ4n) is 4.07. The lowest BCUT2D eigenvalue weighted by molar-refractivity contribution is -0.129. The second-order valence-electron chi connectivity index (χ2n) is 7.76. The lowest BCUT2D eigenvalue weighted by Gasteiger charge is -2.28. The van der Waals surface area contributed by atoms with E-state index in [9.17, 15) is 9.59 Å². The third kappa shape index (κ3) is 4.46. The Hall–Kier alpha value is -3.75. The average Bonchev–Trinajstić information content (AvgIpc) is 3.46. The molecule has 0 aliphatic carbocycles. The summed E-state index contributed by atoms with van der Waals surface area (Å²) in [5, 5.41) is 14.1. The van der Waals surface area contributed by atoms with Crippen LogP contribution in [-0.4, -0.2) is 50.6 Å². The molecule has 0 radical (unpaired) electrons. The Morgan fingerprint density at radius 1 is 1.22 bits per heavy atom. The molecule has 9 nitrogen and oxygen atoms in total. The number of hydrogen-bond donors (Lipinski definition) is 1. The van der Waals surface area contributed by atoms with Gasteiger partial charge in [0.2, 0.25) is 11.8 Å². The number of likely N-dealkylation sites (tertiary alicyclic amines) is 1. The number of nitrogens with one attached hydrogen (secondary N) is 1. The molecule has 2 atom stereocenters. The number of amides is 2. The lowest BCUT2D eigenvalue weighted by Crippen LogP contribution is -2.33. The molecule has 1 aliphatic rings. The Kier molecular flexibility index (Phi) is 6.44. The first kappa shape index (κ1) is 21.5. The number of rotatable bonds is 8. The summed E-state index contributed by atoms with van der Waals surface area (Å²) in [4.78, 5) is 28.0. The number of anilines is 1. The minimum absolute atomic E-state index is 0.00172. The molecular weight excluding hydrogens is 408 g/mol. The molecule has 4 rings (SSSR count). The summed E-state index contributed by atoms with van der Waals surface area (Å²) >= 11 is 0. The van der Waals surface area contributed by atoms with Crippen LogP contribution in [0.25, 0.3) is 5.69 Å². The average molecular weight is 435 g/mol. The first-order chi connectivity index (χ1) is 15.6. The molecule has 1 saturated heterocycles. The van der Waals surface area contributed by atoms with Crippen LogP contribution in [0, 0.1) is 5.92 Å². The summed E-state index contributed by atoms with van der Waals surface area (Å²) in [5.74, 6) is 0.0527. The third-order valence-electron chi connectivity index (χ3n) is 5.71. The van der Waals surface area contributed by atoms with Crippen LogP contribution in [0.15, 0.2) is 54.9 Å². The molecule has 0 bridgehead atoms. The smallest absolute Gasteiger partial charge is 0.230 e. The van der Waals surface area contributed by atoms with Crippen molar-refractivity contribution < 1.29 is 14.3 Å². The monoisotopic (exact) mass is 434 g/mol. The molecule has 1 aliphatic heterocycles. The number of benzene rings is 2. The van der Waals surface area contributed by atoms with Crippen molar-refractivity contribution in [2.45, 2.75) is 32.2 Å². The van der Waals surface area contributed by atoms with Crippen LogP contribution in [0.1, 0.15) is 37.8 Å². The molecule has 2 aromatic carbocycles. The molecule has 0 spiro atoms. The lowest BCUT2D eigenvalue weighted by atomic mass is 9.92. The van der Waals surface area contributed by atoms with Crippen LogP contribution in [0.4, 0.5) is 5.69 Å². The van der Waals surface area contributed by atoms with Crippen LogP contribution >= 0.6 is 0 Å². The second-order valence-corrected chi connectivity index (χ2v) is 7.76. The highest BCUT2D eigenvalue weighted by Crippen LogP contribution is 2.39. The Bertz CT molecular complexity index is 1070. The maximum absolute atomic E-state index is 13.3. The van der Waals surface area contributed by atoms with Crippen LogP contribution in [0.5, 0.6) is 5.75 Å². The number of hydrogen-bond acceptors (Lipinski definition) is 6. The van der Waals surface area contributed by atoms with E-state index in [1.807, 2.05) is 41.3 Å². The number of aromatic nitrogens is 4. The predicted octanol–water partition coefficient (Wildman–Crippen LogP) is 3.00. The Morgan fingerprint density at radius 2 is 2.03 bits per heavy atom. The van der Waals surface area contributed by atoms with Gasteiger partial charge in [0.25, 0.3) is 0 Å². The van der Waals surface area contributed by atoms with Crippen LogP contribution < -0.4 is 10.1 Å². The third-order valence-corrected chi connectivity index (χ3v) is 5.71. The van der Waals surface area contributed by atoms with Crippen molar-refractivity contribution in [3.8, 4) is 11.4 Å². The SMILES string of the molecule is CCCCN1C(=O)C[C@@H](C(=O)Nc2cccc(-n3cnnn3)c2)[C@@H]1c1ccc(OC)cc1. The van der Waals surface area contributed by atoms with Gasteiger partial charge < -0.3 is 15.0 Å². The molecule has 3 aromatic rings. The van der Waals surface area contributed by atoms with E-state index in [-0.39, 0.29) is 24.3 Å². The topological polar surface area (TPSA) is 102 Å². The molecule has 1 aromatic heterocycles. The van der Waals surface area contributed by atoms with Crippen LogP contribution in [0.2, 0.25) is 0 Å². The van der Waals surface area contributed by atoms with Crippen LogP contribution in [-0.2, 0) is 9.59 Å². The summed E-state index contributed by atoms with van der Waals surface area (Å²) in [7, 11) is 1.61. The van der Waals surface area contributed by atoms with Gasteiger partial charge in [-0.05, 0) is 52.7 Å². The van der Waals surface area contributed by atoms with E-state index >= 15 is 0 Å². The fraction of sp³-hybridized carbons (Fsp3) is 0.348. The van der Waals surface area contributed by atoms with Gasteiger partial charge in [0.15, 0.2) is 0 Å². The largest absolute Gasteiger partial charge is 0.497 e. The first-order valence-electron chi connectivity index (χ1n) is 10.7. The van der Waals surface area contributed by atoms with Crippen molar-refractivity contribution in [3.05, 3.63) is 60.4 Å². The van der Waals surface area contributed by atoms with Crippen molar-refractivity contribution in [3.63, 3.8) is 0 Å². The second kappa shape index (κ2) is 9.59. The van der Waals surface area contributed by atoms with Gasteiger partial charge in [-0.3, -0.25) is 9.59 Å². The molecule has 2 heterocycles. The normalized spacial score (nSPS) is 18.1. The van der Waals surface area contributed by atoms with Gasteiger partial charge in [0.1, 0.15) is 12.1 Å².